The number of nitrogens with two attached hydrogens (primary N) is 2. The van der Waals surface area contributed by atoms with Gasteiger partial charge in [-0.3, -0.25) is 20.4 Å². The van der Waals surface area contributed by atoms with Gasteiger partial charge < -0.3 is 15.8 Å². The molecule has 1 amide bonds. The average Bonchev–Trinajstić information content (AvgIpc) is 2.41. The molecule has 7 N–H and O–H groups in total. The van der Waals surface area contributed by atoms with Crippen molar-refractivity contribution in [2.45, 2.75) is 26.4 Å². The van der Waals surface area contributed by atoms with Crippen LogP contribution in [-0.4, -0.2) is 35.2 Å². The summed E-state index contributed by atoms with van der Waals surface area (Å²) in [6, 6.07) is 0.264. The van der Waals surface area contributed by atoms with E-state index in [1.807, 2.05) is 6.92 Å². The molecule has 2 aliphatic rings. The molecule has 0 spiro atoms. The molecule has 0 aromatic rings. The van der Waals surface area contributed by atoms with Crippen LogP contribution in [0.4, 0.5) is 0 Å². The molecule has 0 aliphatic carbocycles. The second-order valence-corrected chi connectivity index (χ2v) is 5.56. The molecule has 0 atom stereocenters. The third-order valence-electron chi connectivity index (χ3n) is 2.76. The van der Waals surface area contributed by atoms with Crippen LogP contribution >= 0.6 is 11.6 Å². The zero-order valence-electron chi connectivity index (χ0n) is 13.0. The quantitative estimate of drug-likeness (QED) is 0.324. The minimum absolute atomic E-state index is 0.00257. The van der Waals surface area contributed by atoms with Gasteiger partial charge in [-0.05, 0) is 20.8 Å². The molecule has 126 valence electrons. The fourth-order valence-corrected chi connectivity index (χ4v) is 2.05. The largest absolute Gasteiger partial charge is 0.465 e. The number of halogens is 1. The van der Waals surface area contributed by atoms with Crippen molar-refractivity contribution < 1.29 is 9.53 Å². The summed E-state index contributed by atoms with van der Waals surface area (Å²) in [4.78, 5) is 20.9. The highest BCUT2D eigenvalue weighted by Gasteiger charge is 2.27. The summed E-state index contributed by atoms with van der Waals surface area (Å²) < 4.78 is 5.33. The van der Waals surface area contributed by atoms with Crippen molar-refractivity contribution in [3.05, 3.63) is 22.9 Å². The Hall–Kier alpha value is -2.46. The Morgan fingerprint density at radius 3 is 2.83 bits per heavy atom. The number of carbonyl (C=O) groups excluding carboxylic acids is 1. The zero-order valence-corrected chi connectivity index (χ0v) is 13.7. The zero-order chi connectivity index (χ0) is 17.2. The number of nitrogens with one attached hydrogen (secondary N) is 3. The van der Waals surface area contributed by atoms with E-state index in [9.17, 15) is 4.79 Å². The van der Waals surface area contributed by atoms with Crippen molar-refractivity contribution in [3.63, 3.8) is 0 Å². The molecule has 0 aromatic carbocycles. The first-order chi connectivity index (χ1) is 10.7. The number of guanidine groups is 1. The van der Waals surface area contributed by atoms with E-state index in [1.165, 1.54) is 6.20 Å². The molecule has 2 heterocycles. The van der Waals surface area contributed by atoms with Crippen LogP contribution in [0.5, 0.6) is 0 Å². The van der Waals surface area contributed by atoms with E-state index in [0.717, 1.165) is 5.01 Å². The van der Waals surface area contributed by atoms with Crippen LogP contribution in [0.1, 0.15) is 20.8 Å². The van der Waals surface area contributed by atoms with Crippen LogP contribution in [0.2, 0.25) is 0 Å². The highest BCUT2D eigenvalue weighted by Crippen LogP contribution is 2.15. The maximum absolute atomic E-state index is 12.4. The first-order valence-electron chi connectivity index (χ1n) is 6.80. The van der Waals surface area contributed by atoms with Gasteiger partial charge in [0.05, 0.1) is 12.8 Å². The summed E-state index contributed by atoms with van der Waals surface area (Å²) >= 11 is 5.84. The molecule has 2 aliphatic heterocycles. The molecule has 0 aromatic heterocycles. The Balaban J connectivity index is 2.14. The molecule has 0 saturated heterocycles. The first-order valence-corrected chi connectivity index (χ1v) is 7.18. The van der Waals surface area contributed by atoms with Gasteiger partial charge in [0.15, 0.2) is 5.66 Å². The van der Waals surface area contributed by atoms with Crippen LogP contribution in [0, 0.1) is 0 Å². The second-order valence-electron chi connectivity index (χ2n) is 5.15. The molecule has 2 rings (SSSR count). The van der Waals surface area contributed by atoms with Crippen molar-refractivity contribution in [3.8, 4) is 0 Å². The lowest BCUT2D eigenvalue weighted by molar-refractivity contribution is -0.116. The van der Waals surface area contributed by atoms with Gasteiger partial charge in [0.1, 0.15) is 16.7 Å². The number of nitrogens with zero attached hydrogens (tertiary/aromatic N) is 3. The van der Waals surface area contributed by atoms with E-state index in [1.54, 1.807) is 13.8 Å². The maximum atomic E-state index is 12.4. The lowest BCUT2D eigenvalue weighted by Crippen LogP contribution is -2.52. The van der Waals surface area contributed by atoms with E-state index < -0.39 is 11.6 Å². The van der Waals surface area contributed by atoms with E-state index >= 15 is 0 Å². The maximum Gasteiger partial charge on any atom is 0.293 e. The van der Waals surface area contributed by atoms with Gasteiger partial charge in [-0.1, -0.05) is 11.6 Å². The molecule has 23 heavy (non-hydrogen) atoms. The first kappa shape index (κ1) is 16.9. The number of hydrazine groups is 1. The van der Waals surface area contributed by atoms with Crippen molar-refractivity contribution >= 4 is 29.5 Å². The summed E-state index contributed by atoms with van der Waals surface area (Å²) in [6.07, 6.45) is 1.34. The SMILES string of the molecule is CCOC1=NC(C)(C)N=C(NC(=O)C2=C(N)N(N)C=C(Cl)N2)N1. The molecule has 11 heteroatoms. The Morgan fingerprint density at radius 1 is 1.48 bits per heavy atom. The predicted octanol–water partition coefficient (Wildman–Crippen LogP) is -0.865. The van der Waals surface area contributed by atoms with E-state index in [4.69, 9.17) is 27.9 Å². The van der Waals surface area contributed by atoms with Gasteiger partial charge in [0.2, 0.25) is 5.96 Å². The molecular formula is C12H19ClN8O2. The summed E-state index contributed by atoms with van der Waals surface area (Å²) in [5.74, 6) is 5.24. The van der Waals surface area contributed by atoms with Gasteiger partial charge in [0, 0.05) is 0 Å². The molecule has 0 unspecified atom stereocenters. The Labute approximate surface area is 138 Å². The summed E-state index contributed by atoms with van der Waals surface area (Å²) in [5, 5.41) is 9.20. The lowest BCUT2D eigenvalue weighted by atomic mass is 10.3. The van der Waals surface area contributed by atoms with Crippen molar-refractivity contribution in [2.24, 2.45) is 21.6 Å². The van der Waals surface area contributed by atoms with Gasteiger partial charge >= 0.3 is 0 Å². The smallest absolute Gasteiger partial charge is 0.293 e. The minimum Gasteiger partial charge on any atom is -0.465 e. The second kappa shape index (κ2) is 6.34. The Bertz CT molecular complexity index is 637. The summed E-state index contributed by atoms with van der Waals surface area (Å²) in [6.45, 7) is 5.79. The lowest BCUT2D eigenvalue weighted by Gasteiger charge is -2.27. The highest BCUT2D eigenvalue weighted by molar-refractivity contribution is 6.29. The number of aliphatic imine (C=N–C) groups is 2. The normalized spacial score (nSPS) is 19.9. The van der Waals surface area contributed by atoms with Crippen LogP contribution < -0.4 is 27.5 Å². The number of amidine groups is 1. The van der Waals surface area contributed by atoms with Crippen LogP contribution in [0.15, 0.2) is 32.9 Å². The van der Waals surface area contributed by atoms with Crippen LogP contribution in [0.3, 0.4) is 0 Å². The van der Waals surface area contributed by atoms with Gasteiger partial charge in [-0.25, -0.2) is 15.8 Å². The van der Waals surface area contributed by atoms with Crippen molar-refractivity contribution in [1.29, 1.82) is 0 Å². The van der Waals surface area contributed by atoms with Gasteiger partial charge in [0.25, 0.3) is 11.9 Å². The molecule has 0 bridgehead atoms. The summed E-state index contributed by atoms with van der Waals surface area (Å²) in [5.41, 5.74) is 4.98. The monoisotopic (exact) mass is 342 g/mol. The van der Waals surface area contributed by atoms with E-state index in [-0.39, 0.29) is 28.7 Å². The number of rotatable bonds is 2. The molecule has 10 nitrogen and oxygen atoms in total. The Morgan fingerprint density at radius 2 is 2.17 bits per heavy atom. The number of hydrogen-bond acceptors (Lipinski definition) is 9. The molecule has 0 fully saturated rings. The third kappa shape index (κ3) is 4.05. The van der Waals surface area contributed by atoms with Crippen LogP contribution in [-0.2, 0) is 9.53 Å². The predicted molar refractivity (Wildman–Crippen MR) is 86.2 cm³/mol. The number of amides is 1. The molecule has 0 saturated carbocycles. The molecule has 0 radical (unpaired) electrons. The number of ether oxygens (including phenoxy) is 1. The fourth-order valence-electron chi connectivity index (χ4n) is 1.85. The van der Waals surface area contributed by atoms with Crippen LogP contribution in [0.25, 0.3) is 0 Å². The van der Waals surface area contributed by atoms with Crippen molar-refractivity contribution in [2.75, 3.05) is 6.61 Å². The third-order valence-corrected chi connectivity index (χ3v) is 2.95. The van der Waals surface area contributed by atoms with E-state index in [0.29, 0.717) is 6.61 Å². The topological polar surface area (TPSA) is 142 Å². The van der Waals surface area contributed by atoms with Crippen molar-refractivity contribution in [1.82, 2.24) is 21.0 Å². The average molecular weight is 343 g/mol. The molecular weight excluding hydrogens is 324 g/mol. The van der Waals surface area contributed by atoms with Gasteiger partial charge in [-0.15, -0.1) is 0 Å². The minimum atomic E-state index is -0.782. The fraction of sp³-hybridized carbons (Fsp3) is 0.417. The van der Waals surface area contributed by atoms with E-state index in [2.05, 4.69) is 25.9 Å². The summed E-state index contributed by atoms with van der Waals surface area (Å²) in [7, 11) is 0. The standard InChI is InChI=1S/C12H19ClN8O2/c1-4-23-11-18-10(19-12(2,3)20-11)17-9(22)7-8(14)21(15)5-6(13)16-7/h5,16H,4,14-15H2,1-3H3,(H2,17,18,19,20,22). The number of hydrogen-bond donors (Lipinski definition) is 5. The Kier molecular flexibility index (Phi) is 4.66. The van der Waals surface area contributed by atoms with Gasteiger partial charge in [-0.2, -0.15) is 0 Å². The highest BCUT2D eigenvalue weighted by atomic mass is 35.5. The number of carbonyl (C=O) groups is 1.